The molecule has 1 heterocycles. The Morgan fingerprint density at radius 2 is 1.79 bits per heavy atom. The number of nitrogens with zero attached hydrogens (tertiary/aromatic N) is 1. The number of hydrogen-bond donors (Lipinski definition) is 1. The largest absolute Gasteiger partial charge is 0.398 e. The van der Waals surface area contributed by atoms with Crippen molar-refractivity contribution in [2.75, 3.05) is 5.73 Å². The van der Waals surface area contributed by atoms with E-state index in [1.165, 1.54) is 16.7 Å². The van der Waals surface area contributed by atoms with Gasteiger partial charge in [-0.2, -0.15) is 0 Å². The van der Waals surface area contributed by atoms with Crippen LogP contribution in [0.15, 0.2) is 42.7 Å². The molecular formula is C12H12N2. The number of rotatable bonds is 0. The lowest BCUT2D eigenvalue weighted by Crippen LogP contribution is -1.69. The minimum Gasteiger partial charge on any atom is -0.398 e. The molecule has 0 aromatic carbocycles. The van der Waals surface area contributed by atoms with Crippen LogP contribution >= 0.6 is 0 Å². The molecule has 2 N–H and O–H groups in total. The SMILES string of the molecule is Cc1cccnc1.Nc1c2cccc1-2. The third kappa shape index (κ3) is 1.74. The number of anilines is 1. The molecule has 3 rings (SSSR count). The average Bonchev–Trinajstić information content (AvgIpc) is 2.68. The van der Waals surface area contributed by atoms with Gasteiger partial charge in [0, 0.05) is 29.2 Å². The van der Waals surface area contributed by atoms with Crippen LogP contribution < -0.4 is 5.73 Å². The van der Waals surface area contributed by atoms with Crippen LogP contribution in [0, 0.1) is 6.92 Å². The van der Waals surface area contributed by atoms with Gasteiger partial charge in [0.25, 0.3) is 0 Å². The molecule has 0 unspecified atom stereocenters. The van der Waals surface area contributed by atoms with E-state index in [-0.39, 0.29) is 0 Å². The molecule has 0 bridgehead atoms. The van der Waals surface area contributed by atoms with Gasteiger partial charge in [-0.15, -0.1) is 0 Å². The highest BCUT2D eigenvalue weighted by Gasteiger charge is 2.18. The standard InChI is InChI=1S/C6H5N.C6H7N/c7-6-4-2-1-3-5(4)6;1-6-3-2-4-7-5-6/h1-3H,7H2;2-5H,1H3. The number of para-hydroxylation sites is 1. The lowest BCUT2D eigenvalue weighted by molar-refractivity contribution is 1.27. The minimum atomic E-state index is 0.988. The maximum atomic E-state index is 5.43. The van der Waals surface area contributed by atoms with Crippen molar-refractivity contribution in [1.82, 2.24) is 4.98 Å². The average molecular weight is 184 g/mol. The van der Waals surface area contributed by atoms with Crippen molar-refractivity contribution >= 4 is 5.69 Å². The van der Waals surface area contributed by atoms with E-state index in [1.807, 2.05) is 43.5 Å². The van der Waals surface area contributed by atoms with Crippen LogP contribution in [0.5, 0.6) is 0 Å². The molecule has 14 heavy (non-hydrogen) atoms. The predicted molar refractivity (Wildman–Crippen MR) is 58.8 cm³/mol. The molecule has 2 aliphatic carbocycles. The number of aryl methyl sites for hydroxylation is 1. The first-order chi connectivity index (χ1) is 6.79. The van der Waals surface area contributed by atoms with Gasteiger partial charge in [0.05, 0.1) is 0 Å². The fraction of sp³-hybridized carbons (Fsp3) is 0.0833. The lowest BCUT2D eigenvalue weighted by atomic mass is 10.3. The zero-order chi connectivity index (χ0) is 9.97. The minimum absolute atomic E-state index is 0.988. The summed E-state index contributed by atoms with van der Waals surface area (Å²) in [5, 5.41) is 0. The van der Waals surface area contributed by atoms with E-state index < -0.39 is 0 Å². The Morgan fingerprint density at radius 1 is 1.07 bits per heavy atom. The van der Waals surface area contributed by atoms with Crippen LogP contribution in [-0.2, 0) is 0 Å². The fourth-order valence-electron chi connectivity index (χ4n) is 1.28. The van der Waals surface area contributed by atoms with Gasteiger partial charge in [-0.1, -0.05) is 24.3 Å². The molecule has 70 valence electrons. The second kappa shape index (κ2) is 3.50. The van der Waals surface area contributed by atoms with Gasteiger partial charge in [0.1, 0.15) is 0 Å². The Morgan fingerprint density at radius 3 is 2.07 bits per heavy atom. The van der Waals surface area contributed by atoms with Crippen molar-refractivity contribution in [2.45, 2.75) is 6.92 Å². The molecule has 2 aliphatic rings. The summed E-state index contributed by atoms with van der Waals surface area (Å²) in [6.07, 6.45) is 3.60. The van der Waals surface area contributed by atoms with Crippen molar-refractivity contribution in [3.05, 3.63) is 48.3 Å². The fourth-order valence-corrected chi connectivity index (χ4v) is 1.28. The van der Waals surface area contributed by atoms with E-state index in [2.05, 4.69) is 4.98 Å². The Hall–Kier alpha value is -1.83. The zero-order valence-electron chi connectivity index (χ0n) is 8.07. The van der Waals surface area contributed by atoms with Gasteiger partial charge in [-0.05, 0) is 18.6 Å². The van der Waals surface area contributed by atoms with E-state index in [0.29, 0.717) is 0 Å². The maximum Gasteiger partial charge on any atom is 0.0474 e. The van der Waals surface area contributed by atoms with Crippen molar-refractivity contribution in [2.24, 2.45) is 0 Å². The molecule has 0 fully saturated rings. The van der Waals surface area contributed by atoms with Crippen molar-refractivity contribution in [3.8, 4) is 11.1 Å². The summed E-state index contributed by atoms with van der Waals surface area (Å²) < 4.78 is 0. The molecule has 1 aromatic rings. The Kier molecular flexibility index (Phi) is 2.19. The number of hydrogen-bond acceptors (Lipinski definition) is 2. The first-order valence-electron chi connectivity index (χ1n) is 4.54. The van der Waals surface area contributed by atoms with Crippen LogP contribution in [0.25, 0.3) is 11.1 Å². The van der Waals surface area contributed by atoms with E-state index in [9.17, 15) is 0 Å². The summed E-state index contributed by atoms with van der Waals surface area (Å²) in [4.78, 5) is 3.88. The summed E-state index contributed by atoms with van der Waals surface area (Å²) in [5.74, 6) is 0. The van der Waals surface area contributed by atoms with Crippen LogP contribution in [0.1, 0.15) is 5.56 Å². The van der Waals surface area contributed by atoms with Gasteiger partial charge < -0.3 is 5.73 Å². The molecule has 0 aliphatic heterocycles. The quantitative estimate of drug-likeness (QED) is 0.545. The molecule has 0 amide bonds. The summed E-state index contributed by atoms with van der Waals surface area (Å²) in [6.45, 7) is 2.02. The molecule has 2 nitrogen and oxygen atoms in total. The molecule has 0 radical (unpaired) electrons. The number of aromatic nitrogens is 1. The predicted octanol–water partition coefficient (Wildman–Crippen LogP) is 2.64. The second-order valence-corrected chi connectivity index (χ2v) is 3.30. The molecular weight excluding hydrogens is 172 g/mol. The maximum absolute atomic E-state index is 5.43. The smallest absolute Gasteiger partial charge is 0.0474 e. The van der Waals surface area contributed by atoms with E-state index in [4.69, 9.17) is 5.73 Å². The van der Waals surface area contributed by atoms with Crippen LogP contribution in [0.4, 0.5) is 5.69 Å². The summed E-state index contributed by atoms with van der Waals surface area (Å²) >= 11 is 0. The Balaban J connectivity index is 0.000000107. The molecule has 2 heteroatoms. The van der Waals surface area contributed by atoms with Crippen LogP contribution in [0.3, 0.4) is 0 Å². The molecule has 0 atom stereocenters. The van der Waals surface area contributed by atoms with Crippen LogP contribution in [0.2, 0.25) is 0 Å². The van der Waals surface area contributed by atoms with Gasteiger partial charge in [-0.3, -0.25) is 4.98 Å². The summed E-state index contributed by atoms with van der Waals surface area (Å²) in [6, 6.07) is 10.0. The van der Waals surface area contributed by atoms with Crippen LogP contribution in [-0.4, -0.2) is 4.98 Å². The van der Waals surface area contributed by atoms with E-state index >= 15 is 0 Å². The van der Waals surface area contributed by atoms with Gasteiger partial charge in [0.15, 0.2) is 0 Å². The van der Waals surface area contributed by atoms with Crippen molar-refractivity contribution < 1.29 is 0 Å². The number of nitrogens with two attached hydrogens (primary N) is 1. The summed E-state index contributed by atoms with van der Waals surface area (Å²) in [5.41, 5.74) is 10.1. The van der Waals surface area contributed by atoms with Gasteiger partial charge in [0.2, 0.25) is 0 Å². The number of benzene rings is 1. The Bertz CT molecular complexity index is 415. The van der Waals surface area contributed by atoms with Gasteiger partial charge in [-0.25, -0.2) is 0 Å². The highest BCUT2D eigenvalue weighted by atomic mass is 14.6. The molecule has 0 saturated carbocycles. The molecule has 0 spiro atoms. The normalized spacial score (nSPS) is 10.1. The number of nitrogen functional groups attached to an aromatic ring is 1. The van der Waals surface area contributed by atoms with Gasteiger partial charge >= 0.3 is 0 Å². The molecule has 0 saturated heterocycles. The third-order valence-corrected chi connectivity index (χ3v) is 2.14. The van der Waals surface area contributed by atoms with Crippen molar-refractivity contribution in [1.29, 1.82) is 0 Å². The topological polar surface area (TPSA) is 38.9 Å². The zero-order valence-corrected chi connectivity index (χ0v) is 8.07. The van der Waals surface area contributed by atoms with E-state index in [0.717, 1.165) is 5.69 Å². The monoisotopic (exact) mass is 184 g/mol. The number of pyridine rings is 1. The molecule has 1 aromatic heterocycles. The third-order valence-electron chi connectivity index (χ3n) is 2.14. The summed E-state index contributed by atoms with van der Waals surface area (Å²) in [7, 11) is 0. The Labute approximate surface area is 83.4 Å². The highest BCUT2D eigenvalue weighted by Crippen LogP contribution is 2.45. The van der Waals surface area contributed by atoms with E-state index in [1.54, 1.807) is 6.20 Å². The van der Waals surface area contributed by atoms with Crippen molar-refractivity contribution in [3.63, 3.8) is 0 Å². The number of fused-ring (bicyclic) bond motifs is 1. The second-order valence-electron chi connectivity index (χ2n) is 3.30. The first kappa shape index (κ1) is 8.75. The lowest BCUT2D eigenvalue weighted by Gasteiger charge is -1.82. The first-order valence-corrected chi connectivity index (χ1v) is 4.54. The highest BCUT2D eigenvalue weighted by molar-refractivity contribution is 6.02.